The molecule has 1 saturated heterocycles. The average Bonchev–Trinajstić information content (AvgIpc) is 2.98. The van der Waals surface area contributed by atoms with E-state index in [-0.39, 0.29) is 10.8 Å². The highest BCUT2D eigenvalue weighted by atomic mass is 32.2. The lowest BCUT2D eigenvalue weighted by Crippen LogP contribution is -2.49. The minimum Gasteiger partial charge on any atom is -0.340 e. The molecule has 1 aliphatic rings. The highest BCUT2D eigenvalue weighted by molar-refractivity contribution is 7.89. The van der Waals surface area contributed by atoms with E-state index in [1.165, 1.54) is 22.1 Å². The van der Waals surface area contributed by atoms with Crippen LogP contribution in [0.5, 0.6) is 0 Å². The number of aryl methyl sites for hydroxylation is 1. The molecule has 2 aromatic rings. The SMILES string of the molecule is CC(=O)N1CCN(S(=O)(=O)c2cn(C)nc2-c2ccccc2)CC1. The van der Waals surface area contributed by atoms with Gasteiger partial charge in [0, 0.05) is 51.9 Å². The Morgan fingerprint density at radius 2 is 1.71 bits per heavy atom. The molecule has 128 valence electrons. The molecule has 8 heteroatoms. The van der Waals surface area contributed by atoms with Crippen LogP contribution in [-0.2, 0) is 21.9 Å². The van der Waals surface area contributed by atoms with Gasteiger partial charge in [-0.05, 0) is 0 Å². The Morgan fingerprint density at radius 1 is 1.08 bits per heavy atom. The van der Waals surface area contributed by atoms with Crippen molar-refractivity contribution < 1.29 is 13.2 Å². The van der Waals surface area contributed by atoms with Crippen molar-refractivity contribution in [2.24, 2.45) is 7.05 Å². The van der Waals surface area contributed by atoms with E-state index in [0.29, 0.717) is 31.9 Å². The summed E-state index contributed by atoms with van der Waals surface area (Å²) in [6.45, 7) is 2.92. The highest BCUT2D eigenvalue weighted by Gasteiger charge is 2.32. The summed E-state index contributed by atoms with van der Waals surface area (Å²) in [5, 5.41) is 4.33. The Bertz CT molecular complexity index is 837. The fourth-order valence-corrected chi connectivity index (χ4v) is 4.44. The molecule has 24 heavy (non-hydrogen) atoms. The number of carbonyl (C=O) groups excluding carboxylic acids is 1. The Hall–Kier alpha value is -2.19. The smallest absolute Gasteiger partial charge is 0.246 e. The molecule has 1 amide bonds. The highest BCUT2D eigenvalue weighted by Crippen LogP contribution is 2.28. The third-order valence-electron chi connectivity index (χ3n) is 4.14. The van der Waals surface area contributed by atoms with Crippen LogP contribution in [0.4, 0.5) is 0 Å². The summed E-state index contributed by atoms with van der Waals surface area (Å²) in [6.07, 6.45) is 1.54. The average molecular weight is 348 g/mol. The summed E-state index contributed by atoms with van der Waals surface area (Å²) >= 11 is 0. The summed E-state index contributed by atoms with van der Waals surface area (Å²) in [5.74, 6) is -0.0293. The van der Waals surface area contributed by atoms with E-state index in [4.69, 9.17) is 0 Å². The molecular formula is C16H20N4O3S. The zero-order chi connectivity index (χ0) is 17.3. The van der Waals surface area contributed by atoms with Gasteiger partial charge in [0.15, 0.2) is 0 Å². The molecule has 1 aromatic carbocycles. The van der Waals surface area contributed by atoms with E-state index in [0.717, 1.165) is 5.56 Å². The molecular weight excluding hydrogens is 328 g/mol. The molecule has 0 aliphatic carbocycles. The summed E-state index contributed by atoms with van der Waals surface area (Å²) in [7, 11) is -1.95. The number of nitrogens with zero attached hydrogens (tertiary/aromatic N) is 4. The van der Waals surface area contributed by atoms with Crippen LogP contribution in [0.2, 0.25) is 0 Å². The molecule has 0 atom stereocenters. The maximum absolute atomic E-state index is 13.0. The van der Waals surface area contributed by atoms with Crippen molar-refractivity contribution in [3.63, 3.8) is 0 Å². The first-order chi connectivity index (χ1) is 11.4. The van der Waals surface area contributed by atoms with Crippen LogP contribution in [0.1, 0.15) is 6.92 Å². The lowest BCUT2D eigenvalue weighted by molar-refractivity contribution is -0.129. The normalized spacial score (nSPS) is 16.3. The largest absolute Gasteiger partial charge is 0.340 e. The summed E-state index contributed by atoms with van der Waals surface area (Å²) in [5.41, 5.74) is 1.21. The van der Waals surface area contributed by atoms with Gasteiger partial charge < -0.3 is 4.90 Å². The van der Waals surface area contributed by atoms with Gasteiger partial charge in [0.05, 0.1) is 0 Å². The monoisotopic (exact) mass is 348 g/mol. The Kier molecular flexibility index (Phi) is 4.42. The number of hydrogen-bond donors (Lipinski definition) is 0. The van der Waals surface area contributed by atoms with Crippen LogP contribution in [0.3, 0.4) is 0 Å². The Morgan fingerprint density at radius 3 is 2.29 bits per heavy atom. The van der Waals surface area contributed by atoms with Gasteiger partial charge in [0.1, 0.15) is 10.6 Å². The predicted octanol–water partition coefficient (Wildman–Crippen LogP) is 0.940. The van der Waals surface area contributed by atoms with Gasteiger partial charge in [-0.1, -0.05) is 30.3 Å². The van der Waals surface area contributed by atoms with Gasteiger partial charge in [0.2, 0.25) is 15.9 Å². The van der Waals surface area contributed by atoms with Crippen molar-refractivity contribution in [2.75, 3.05) is 26.2 Å². The van der Waals surface area contributed by atoms with E-state index in [1.54, 1.807) is 11.9 Å². The number of aromatic nitrogens is 2. The molecule has 1 aliphatic heterocycles. The number of hydrogen-bond acceptors (Lipinski definition) is 4. The molecule has 0 unspecified atom stereocenters. The zero-order valence-electron chi connectivity index (χ0n) is 13.7. The molecule has 3 rings (SSSR count). The van der Waals surface area contributed by atoms with Gasteiger partial charge in [-0.2, -0.15) is 9.40 Å². The minimum atomic E-state index is -3.66. The van der Waals surface area contributed by atoms with Crippen LogP contribution in [0.25, 0.3) is 11.3 Å². The molecule has 0 N–H and O–H groups in total. The lowest BCUT2D eigenvalue weighted by atomic mass is 10.2. The van der Waals surface area contributed by atoms with Gasteiger partial charge >= 0.3 is 0 Å². The maximum atomic E-state index is 13.0. The first-order valence-corrected chi connectivity index (χ1v) is 9.18. The fourth-order valence-electron chi connectivity index (χ4n) is 2.83. The fraction of sp³-hybridized carbons (Fsp3) is 0.375. The van der Waals surface area contributed by atoms with E-state index in [9.17, 15) is 13.2 Å². The molecule has 0 bridgehead atoms. The van der Waals surface area contributed by atoms with Crippen LogP contribution < -0.4 is 0 Å². The molecule has 1 aromatic heterocycles. The third-order valence-corrected chi connectivity index (χ3v) is 6.04. The van der Waals surface area contributed by atoms with Crippen LogP contribution in [0, 0.1) is 0 Å². The van der Waals surface area contributed by atoms with Crippen molar-refractivity contribution in [3.8, 4) is 11.3 Å². The second-order valence-electron chi connectivity index (χ2n) is 5.79. The molecule has 0 radical (unpaired) electrons. The standard InChI is InChI=1S/C16H20N4O3S/c1-13(21)19-8-10-20(11-9-19)24(22,23)15-12-18(2)17-16(15)14-6-4-3-5-7-14/h3-7,12H,8-11H2,1-2H3. The third kappa shape index (κ3) is 3.07. The topological polar surface area (TPSA) is 75.5 Å². The van der Waals surface area contributed by atoms with Gasteiger partial charge in [0.25, 0.3) is 0 Å². The predicted molar refractivity (Wildman–Crippen MR) is 89.7 cm³/mol. The van der Waals surface area contributed by atoms with E-state index in [1.807, 2.05) is 30.3 Å². The molecule has 2 heterocycles. The van der Waals surface area contributed by atoms with Gasteiger partial charge in [-0.3, -0.25) is 9.48 Å². The van der Waals surface area contributed by atoms with E-state index >= 15 is 0 Å². The molecule has 1 fully saturated rings. The minimum absolute atomic E-state index is 0.0293. The summed E-state index contributed by atoms with van der Waals surface area (Å²) in [4.78, 5) is 13.3. The summed E-state index contributed by atoms with van der Waals surface area (Å²) in [6, 6.07) is 9.27. The number of carbonyl (C=O) groups is 1. The summed E-state index contributed by atoms with van der Waals surface area (Å²) < 4.78 is 29.0. The van der Waals surface area contributed by atoms with Crippen molar-refractivity contribution in [3.05, 3.63) is 36.5 Å². The van der Waals surface area contributed by atoms with Crippen molar-refractivity contribution in [1.29, 1.82) is 0 Å². The van der Waals surface area contributed by atoms with Gasteiger partial charge in [-0.25, -0.2) is 8.42 Å². The quantitative estimate of drug-likeness (QED) is 0.827. The molecule has 7 nitrogen and oxygen atoms in total. The van der Waals surface area contributed by atoms with Crippen LogP contribution >= 0.6 is 0 Å². The Labute approximate surface area is 141 Å². The molecule has 0 saturated carbocycles. The number of benzene rings is 1. The first kappa shape index (κ1) is 16.7. The number of piperazine rings is 1. The van der Waals surface area contributed by atoms with E-state index < -0.39 is 10.0 Å². The van der Waals surface area contributed by atoms with Crippen LogP contribution in [0.15, 0.2) is 41.4 Å². The van der Waals surface area contributed by atoms with Gasteiger partial charge in [-0.15, -0.1) is 0 Å². The number of rotatable bonds is 3. The first-order valence-electron chi connectivity index (χ1n) is 7.74. The van der Waals surface area contributed by atoms with Crippen LogP contribution in [-0.4, -0.2) is 59.5 Å². The second-order valence-corrected chi connectivity index (χ2v) is 7.70. The number of sulfonamides is 1. The zero-order valence-corrected chi connectivity index (χ0v) is 14.5. The number of amides is 1. The van der Waals surface area contributed by atoms with E-state index in [2.05, 4.69) is 5.10 Å². The lowest BCUT2D eigenvalue weighted by Gasteiger charge is -2.33. The van der Waals surface area contributed by atoms with Crippen molar-refractivity contribution >= 4 is 15.9 Å². The van der Waals surface area contributed by atoms with Crippen molar-refractivity contribution in [1.82, 2.24) is 19.0 Å². The second kappa shape index (κ2) is 6.37. The maximum Gasteiger partial charge on any atom is 0.246 e. The molecule has 0 spiro atoms. The van der Waals surface area contributed by atoms with Crippen molar-refractivity contribution in [2.45, 2.75) is 11.8 Å². The Balaban J connectivity index is 1.93.